The molecule has 0 aliphatic carbocycles. The maximum Gasteiger partial charge on any atom is 0.323 e. The molecule has 0 bridgehead atoms. The van der Waals surface area contributed by atoms with Crippen LogP contribution in [0.2, 0.25) is 0 Å². The molecule has 0 aliphatic heterocycles. The molecule has 0 amide bonds. The number of nitrogens with one attached hydrogen (secondary N) is 2. The minimum atomic E-state index is -0.976. The van der Waals surface area contributed by atoms with Crippen LogP contribution in [0.15, 0.2) is 22.2 Å². The van der Waals surface area contributed by atoms with Crippen molar-refractivity contribution < 1.29 is 9.90 Å². The summed E-state index contributed by atoms with van der Waals surface area (Å²) in [7, 11) is 0. The smallest absolute Gasteiger partial charge is 0.323 e. The second-order valence-corrected chi connectivity index (χ2v) is 5.97. The lowest BCUT2D eigenvalue weighted by Gasteiger charge is -2.28. The summed E-state index contributed by atoms with van der Waals surface area (Å²) in [6, 6.07) is 1.34. The number of hydrogen-bond donors (Lipinski definition) is 3. The minimum Gasteiger partial charge on any atom is -0.480 e. The predicted molar refractivity (Wildman–Crippen MR) is 74.5 cm³/mol. The Morgan fingerprint density at radius 1 is 1.68 bits per heavy atom. The van der Waals surface area contributed by atoms with Gasteiger partial charge in [0.05, 0.1) is 0 Å². The second kappa shape index (κ2) is 6.72. The molecule has 0 fully saturated rings. The number of aliphatic carboxylic acids is 1. The summed E-state index contributed by atoms with van der Waals surface area (Å²) in [6.45, 7) is 6.03. The Kier molecular flexibility index (Phi) is 5.56. The van der Waals surface area contributed by atoms with Gasteiger partial charge in [0.1, 0.15) is 5.54 Å². The summed E-state index contributed by atoms with van der Waals surface area (Å²) in [6.07, 6.45) is 1.87. The first-order chi connectivity index (χ1) is 8.87. The van der Waals surface area contributed by atoms with Crippen molar-refractivity contribution in [3.63, 3.8) is 0 Å². The number of aromatic amines is 1. The quantitative estimate of drug-likeness (QED) is 0.513. The summed E-state index contributed by atoms with van der Waals surface area (Å²) in [5.74, 6) is -0.878. The van der Waals surface area contributed by atoms with E-state index >= 15 is 0 Å². The summed E-state index contributed by atoms with van der Waals surface area (Å²) in [4.78, 5) is 29.1. The standard InChI is InChI=1S/C12H19N3O3S/c1-4-14-12(3,10(17)18)7-8(2)19-11-13-6-5-9(16)15-11/h5-6,8,14H,4,7H2,1-3H3,(H,17,18)(H,13,15,16). The molecule has 6 nitrogen and oxygen atoms in total. The van der Waals surface area contributed by atoms with E-state index in [0.29, 0.717) is 18.1 Å². The molecule has 3 N–H and O–H groups in total. The SMILES string of the molecule is CCNC(C)(CC(C)Sc1nccc(=O)[nH]1)C(=O)O. The first-order valence-corrected chi connectivity index (χ1v) is 6.95. The minimum absolute atomic E-state index is 0.00528. The van der Waals surface area contributed by atoms with Gasteiger partial charge in [0.2, 0.25) is 0 Å². The van der Waals surface area contributed by atoms with Crippen LogP contribution in [0, 0.1) is 0 Å². The number of nitrogens with zero attached hydrogens (tertiary/aromatic N) is 1. The number of carbonyl (C=O) groups is 1. The average Bonchev–Trinajstić information content (AvgIpc) is 2.28. The van der Waals surface area contributed by atoms with Gasteiger partial charge in [-0.2, -0.15) is 0 Å². The van der Waals surface area contributed by atoms with Crippen molar-refractivity contribution in [2.24, 2.45) is 0 Å². The molecule has 7 heteroatoms. The molecule has 0 aliphatic rings. The van der Waals surface area contributed by atoms with E-state index < -0.39 is 11.5 Å². The number of H-pyrrole nitrogens is 1. The summed E-state index contributed by atoms with van der Waals surface area (Å²) >= 11 is 1.36. The van der Waals surface area contributed by atoms with Crippen molar-refractivity contribution in [1.29, 1.82) is 0 Å². The van der Waals surface area contributed by atoms with Gasteiger partial charge in [0, 0.05) is 17.5 Å². The molecule has 2 unspecified atom stereocenters. The zero-order chi connectivity index (χ0) is 14.5. The molecular weight excluding hydrogens is 266 g/mol. The van der Waals surface area contributed by atoms with E-state index in [9.17, 15) is 14.7 Å². The molecule has 1 aromatic heterocycles. The normalized spacial score (nSPS) is 15.7. The number of rotatable bonds is 7. The Balaban J connectivity index is 2.70. The van der Waals surface area contributed by atoms with Crippen LogP contribution in [0.3, 0.4) is 0 Å². The van der Waals surface area contributed by atoms with Gasteiger partial charge in [-0.15, -0.1) is 0 Å². The number of thioether (sulfide) groups is 1. The summed E-state index contributed by atoms with van der Waals surface area (Å²) in [5, 5.41) is 12.8. The van der Waals surface area contributed by atoms with Crippen molar-refractivity contribution >= 4 is 17.7 Å². The van der Waals surface area contributed by atoms with E-state index in [0.717, 1.165) is 0 Å². The number of hydrogen-bond acceptors (Lipinski definition) is 5. The number of likely N-dealkylation sites (N-methyl/N-ethyl adjacent to an activating group) is 1. The van der Waals surface area contributed by atoms with Gasteiger partial charge in [0.25, 0.3) is 5.56 Å². The van der Waals surface area contributed by atoms with Gasteiger partial charge in [0.15, 0.2) is 5.16 Å². The van der Waals surface area contributed by atoms with Gasteiger partial charge >= 0.3 is 5.97 Å². The highest BCUT2D eigenvalue weighted by Crippen LogP contribution is 2.25. The van der Waals surface area contributed by atoms with Crippen LogP contribution in [0.25, 0.3) is 0 Å². The van der Waals surface area contributed by atoms with Crippen LogP contribution < -0.4 is 10.9 Å². The molecule has 2 atom stereocenters. The fourth-order valence-electron chi connectivity index (χ4n) is 1.84. The maximum absolute atomic E-state index is 11.3. The van der Waals surface area contributed by atoms with E-state index in [2.05, 4.69) is 15.3 Å². The first kappa shape index (κ1) is 15.7. The molecule has 106 valence electrons. The van der Waals surface area contributed by atoms with Crippen molar-refractivity contribution in [2.75, 3.05) is 6.54 Å². The molecule has 1 heterocycles. The molecule has 0 spiro atoms. The lowest BCUT2D eigenvalue weighted by atomic mass is 9.96. The van der Waals surface area contributed by atoms with E-state index in [1.54, 1.807) is 6.92 Å². The van der Waals surface area contributed by atoms with Crippen LogP contribution in [0.5, 0.6) is 0 Å². The highest BCUT2D eigenvalue weighted by molar-refractivity contribution is 7.99. The Morgan fingerprint density at radius 3 is 2.89 bits per heavy atom. The van der Waals surface area contributed by atoms with E-state index in [1.807, 2.05) is 13.8 Å². The summed E-state index contributed by atoms with van der Waals surface area (Å²) in [5.41, 5.74) is -1.19. The molecular formula is C12H19N3O3S. The highest BCUT2D eigenvalue weighted by Gasteiger charge is 2.34. The number of carboxylic acids is 1. The van der Waals surface area contributed by atoms with Gasteiger partial charge < -0.3 is 15.4 Å². The topological polar surface area (TPSA) is 95.1 Å². The zero-order valence-corrected chi connectivity index (χ0v) is 12.1. The van der Waals surface area contributed by atoms with Gasteiger partial charge in [-0.3, -0.25) is 9.59 Å². The van der Waals surface area contributed by atoms with Crippen LogP contribution in [-0.4, -0.2) is 38.4 Å². The predicted octanol–water partition coefficient (Wildman–Crippen LogP) is 1.09. The molecule has 1 aromatic rings. The number of carboxylic acid groups (broad SMARTS) is 1. The van der Waals surface area contributed by atoms with Crippen LogP contribution in [-0.2, 0) is 4.79 Å². The van der Waals surface area contributed by atoms with Crippen molar-refractivity contribution in [3.05, 3.63) is 22.6 Å². The van der Waals surface area contributed by atoms with E-state index in [1.165, 1.54) is 24.0 Å². The third-order valence-corrected chi connectivity index (χ3v) is 3.70. The Hall–Kier alpha value is -1.34. The van der Waals surface area contributed by atoms with Crippen LogP contribution >= 0.6 is 11.8 Å². The molecule has 1 rings (SSSR count). The average molecular weight is 285 g/mol. The molecule has 0 saturated carbocycles. The molecule has 0 radical (unpaired) electrons. The van der Waals surface area contributed by atoms with Crippen LogP contribution in [0.4, 0.5) is 0 Å². The van der Waals surface area contributed by atoms with Gasteiger partial charge in [-0.1, -0.05) is 25.6 Å². The fraction of sp³-hybridized carbons (Fsp3) is 0.583. The van der Waals surface area contributed by atoms with Crippen molar-refractivity contribution in [1.82, 2.24) is 15.3 Å². The maximum atomic E-state index is 11.3. The first-order valence-electron chi connectivity index (χ1n) is 6.08. The monoisotopic (exact) mass is 285 g/mol. The fourth-order valence-corrected chi connectivity index (χ4v) is 2.92. The Morgan fingerprint density at radius 2 is 2.37 bits per heavy atom. The van der Waals surface area contributed by atoms with Crippen molar-refractivity contribution in [3.8, 4) is 0 Å². The lowest BCUT2D eigenvalue weighted by Crippen LogP contribution is -2.50. The molecule has 0 saturated heterocycles. The van der Waals surface area contributed by atoms with E-state index in [4.69, 9.17) is 0 Å². The Labute approximate surface area is 116 Å². The lowest BCUT2D eigenvalue weighted by molar-refractivity contribution is -0.144. The van der Waals surface area contributed by atoms with E-state index in [-0.39, 0.29) is 10.8 Å². The third-order valence-electron chi connectivity index (χ3n) is 2.70. The number of aromatic nitrogens is 2. The van der Waals surface area contributed by atoms with Gasteiger partial charge in [-0.25, -0.2) is 4.98 Å². The third kappa shape index (κ3) is 4.68. The van der Waals surface area contributed by atoms with Crippen molar-refractivity contribution in [2.45, 2.75) is 43.1 Å². The molecule has 0 aromatic carbocycles. The second-order valence-electron chi connectivity index (χ2n) is 4.54. The highest BCUT2D eigenvalue weighted by atomic mass is 32.2. The molecule has 19 heavy (non-hydrogen) atoms. The summed E-state index contributed by atoms with van der Waals surface area (Å²) < 4.78 is 0. The van der Waals surface area contributed by atoms with Crippen LogP contribution in [0.1, 0.15) is 27.2 Å². The van der Waals surface area contributed by atoms with Gasteiger partial charge in [-0.05, 0) is 19.9 Å². The largest absolute Gasteiger partial charge is 0.480 e. The zero-order valence-electron chi connectivity index (χ0n) is 11.3. The Bertz CT molecular complexity index is 491.